The lowest BCUT2D eigenvalue weighted by Crippen LogP contribution is -2.47. The minimum Gasteiger partial charge on any atom is -0.490 e. The smallest absolute Gasteiger partial charge is 0.193 e. The predicted octanol–water partition coefficient (Wildman–Crippen LogP) is 2.45. The molecule has 2 aliphatic rings. The minimum absolute atomic E-state index is 0.267. The number of rotatable bonds is 5. The molecule has 3 heterocycles. The van der Waals surface area contributed by atoms with Crippen LogP contribution in [0, 0.1) is 0 Å². The summed E-state index contributed by atoms with van der Waals surface area (Å²) in [6, 6.07) is 14.4. The number of nitrogens with zero attached hydrogens (tertiary/aromatic N) is 5. The summed E-state index contributed by atoms with van der Waals surface area (Å²) in [4.78, 5) is 16.2. The average molecular weight is 423 g/mol. The molecule has 0 aliphatic carbocycles. The number of pyridine rings is 1. The number of ether oxygens (including phenoxy) is 1. The first-order valence-electron chi connectivity index (χ1n) is 11.3. The van der Waals surface area contributed by atoms with E-state index in [0.29, 0.717) is 0 Å². The zero-order valence-electron chi connectivity index (χ0n) is 18.7. The molecule has 0 unspecified atom stereocenters. The molecule has 0 bridgehead atoms. The van der Waals surface area contributed by atoms with Gasteiger partial charge in [0.2, 0.25) is 0 Å². The lowest BCUT2D eigenvalue weighted by atomic mass is 10.1. The third kappa shape index (κ3) is 5.88. The van der Waals surface area contributed by atoms with Gasteiger partial charge in [0.15, 0.2) is 5.96 Å². The summed E-state index contributed by atoms with van der Waals surface area (Å²) < 4.78 is 6.11. The Kier molecular flexibility index (Phi) is 7.25. The number of likely N-dealkylation sites (N-methyl/N-ethyl adjacent to an activating group) is 1. The van der Waals surface area contributed by atoms with E-state index in [0.717, 1.165) is 76.2 Å². The topological polar surface area (TPSA) is 56.2 Å². The number of aromatic nitrogens is 1. The summed E-state index contributed by atoms with van der Waals surface area (Å²) in [6.45, 7) is 6.87. The first-order chi connectivity index (χ1) is 15.2. The Morgan fingerprint density at radius 3 is 2.42 bits per heavy atom. The van der Waals surface area contributed by atoms with Gasteiger partial charge in [0.05, 0.1) is 0 Å². The molecule has 2 fully saturated rings. The number of aliphatic imine (C=N–C) groups is 1. The molecule has 166 valence electrons. The van der Waals surface area contributed by atoms with Crippen molar-refractivity contribution in [1.82, 2.24) is 20.1 Å². The van der Waals surface area contributed by atoms with Crippen molar-refractivity contribution in [1.29, 1.82) is 0 Å². The Morgan fingerprint density at radius 2 is 1.77 bits per heavy atom. The Morgan fingerprint density at radius 1 is 1.03 bits per heavy atom. The molecular formula is C24H34N6O. The lowest BCUT2D eigenvalue weighted by molar-refractivity contribution is 0.129. The number of benzene rings is 1. The monoisotopic (exact) mass is 422 g/mol. The molecule has 1 aromatic heterocycles. The van der Waals surface area contributed by atoms with E-state index in [1.54, 1.807) is 0 Å². The fraction of sp³-hybridized carbons (Fsp3) is 0.500. The van der Waals surface area contributed by atoms with Crippen LogP contribution in [0.5, 0.6) is 5.75 Å². The van der Waals surface area contributed by atoms with Crippen molar-refractivity contribution >= 4 is 11.8 Å². The van der Waals surface area contributed by atoms with Gasteiger partial charge in [-0.25, -0.2) is 4.98 Å². The van der Waals surface area contributed by atoms with Crippen molar-refractivity contribution < 1.29 is 4.74 Å². The highest BCUT2D eigenvalue weighted by Crippen LogP contribution is 2.19. The summed E-state index contributed by atoms with van der Waals surface area (Å²) in [6.07, 6.45) is 4.24. The molecule has 31 heavy (non-hydrogen) atoms. The normalized spacial score (nSPS) is 18.8. The molecule has 2 aliphatic heterocycles. The summed E-state index contributed by atoms with van der Waals surface area (Å²) in [5.74, 6) is 2.97. The van der Waals surface area contributed by atoms with Crippen molar-refractivity contribution in [3.8, 4) is 5.75 Å². The highest BCUT2D eigenvalue weighted by molar-refractivity contribution is 5.80. The van der Waals surface area contributed by atoms with Crippen LogP contribution < -0.4 is 15.0 Å². The molecule has 2 aromatic rings. The van der Waals surface area contributed by atoms with Gasteiger partial charge in [-0.1, -0.05) is 24.3 Å². The van der Waals surface area contributed by atoms with Gasteiger partial charge in [-0.3, -0.25) is 4.99 Å². The number of guanidine groups is 1. The molecule has 1 N–H and O–H groups in total. The Hall–Kier alpha value is -2.80. The summed E-state index contributed by atoms with van der Waals surface area (Å²) in [5.41, 5.74) is 1.17. The second kappa shape index (κ2) is 10.5. The number of nitrogens with one attached hydrogen (secondary N) is 1. The molecule has 0 atom stereocenters. The van der Waals surface area contributed by atoms with E-state index in [1.807, 2.05) is 43.6 Å². The number of piperidine rings is 1. The highest BCUT2D eigenvalue weighted by atomic mass is 16.5. The van der Waals surface area contributed by atoms with Crippen LogP contribution in [0.4, 0.5) is 5.82 Å². The Labute approximate surface area is 185 Å². The number of anilines is 1. The number of hydrogen-bond donors (Lipinski definition) is 1. The number of likely N-dealkylation sites (tertiary alicyclic amines) is 1. The van der Waals surface area contributed by atoms with Gasteiger partial charge < -0.3 is 24.8 Å². The summed E-state index contributed by atoms with van der Waals surface area (Å²) >= 11 is 0. The fourth-order valence-electron chi connectivity index (χ4n) is 4.13. The quantitative estimate of drug-likeness (QED) is 0.590. The third-order valence-corrected chi connectivity index (χ3v) is 6.09. The van der Waals surface area contributed by atoms with Gasteiger partial charge in [-0.15, -0.1) is 0 Å². The maximum atomic E-state index is 6.11. The third-order valence-electron chi connectivity index (χ3n) is 6.09. The molecule has 7 nitrogen and oxygen atoms in total. The van der Waals surface area contributed by atoms with Gasteiger partial charge in [0.1, 0.15) is 17.7 Å². The average Bonchev–Trinajstić information content (AvgIpc) is 2.82. The van der Waals surface area contributed by atoms with E-state index >= 15 is 0 Å². The van der Waals surface area contributed by atoms with Gasteiger partial charge in [-0.05, 0) is 30.8 Å². The molecule has 2 saturated heterocycles. The van der Waals surface area contributed by atoms with Gasteiger partial charge in [-0.2, -0.15) is 0 Å². The molecule has 0 amide bonds. The largest absolute Gasteiger partial charge is 0.490 e. The van der Waals surface area contributed by atoms with Crippen LogP contribution in [-0.4, -0.2) is 80.2 Å². The summed E-state index contributed by atoms with van der Waals surface area (Å²) in [7, 11) is 4.02. The second-order valence-corrected chi connectivity index (χ2v) is 8.33. The predicted molar refractivity (Wildman–Crippen MR) is 126 cm³/mol. The fourth-order valence-corrected chi connectivity index (χ4v) is 4.13. The molecule has 0 saturated carbocycles. The van der Waals surface area contributed by atoms with Crippen molar-refractivity contribution in [2.24, 2.45) is 4.99 Å². The standard InChI is InChI=1S/C24H34N6O/c1-25-24(30-12-10-22(11-13-30)31-21-6-4-3-5-7-21)27-19-20-8-9-23(26-18-20)29-16-14-28(2)15-17-29/h3-9,18,22H,10-17,19H2,1-2H3,(H,25,27). The Bertz CT molecular complexity index is 825. The summed E-state index contributed by atoms with van der Waals surface area (Å²) in [5, 5.41) is 3.50. The van der Waals surface area contributed by atoms with Crippen molar-refractivity contribution in [2.45, 2.75) is 25.5 Å². The van der Waals surface area contributed by atoms with Crippen molar-refractivity contribution in [3.63, 3.8) is 0 Å². The maximum Gasteiger partial charge on any atom is 0.193 e. The van der Waals surface area contributed by atoms with Crippen LogP contribution in [0.25, 0.3) is 0 Å². The number of piperazine rings is 1. The second-order valence-electron chi connectivity index (χ2n) is 8.33. The zero-order valence-corrected chi connectivity index (χ0v) is 18.7. The zero-order chi connectivity index (χ0) is 21.5. The van der Waals surface area contributed by atoms with E-state index in [4.69, 9.17) is 9.72 Å². The molecule has 1 aromatic carbocycles. The van der Waals surface area contributed by atoms with Gasteiger partial charge >= 0.3 is 0 Å². The minimum atomic E-state index is 0.267. The molecular weight excluding hydrogens is 388 g/mol. The molecule has 0 spiro atoms. The molecule has 7 heteroatoms. The van der Waals surface area contributed by atoms with Gasteiger partial charge in [0.25, 0.3) is 0 Å². The Balaban J connectivity index is 1.23. The van der Waals surface area contributed by atoms with Crippen LogP contribution in [0.2, 0.25) is 0 Å². The van der Waals surface area contributed by atoms with Crippen molar-refractivity contribution in [2.75, 3.05) is 58.3 Å². The van der Waals surface area contributed by atoms with E-state index in [2.05, 4.69) is 44.2 Å². The van der Waals surface area contributed by atoms with E-state index < -0.39 is 0 Å². The number of para-hydroxylation sites is 1. The molecule has 4 rings (SSSR count). The van der Waals surface area contributed by atoms with E-state index in [1.165, 1.54) is 5.56 Å². The van der Waals surface area contributed by atoms with E-state index in [-0.39, 0.29) is 6.10 Å². The van der Waals surface area contributed by atoms with Crippen LogP contribution in [0.15, 0.2) is 53.7 Å². The lowest BCUT2D eigenvalue weighted by Gasteiger charge is -2.34. The van der Waals surface area contributed by atoms with Gasteiger partial charge in [0, 0.05) is 71.9 Å². The SMILES string of the molecule is CN=C(NCc1ccc(N2CCN(C)CC2)nc1)N1CCC(Oc2ccccc2)CC1. The first-order valence-corrected chi connectivity index (χ1v) is 11.3. The van der Waals surface area contributed by atoms with Crippen LogP contribution in [0.1, 0.15) is 18.4 Å². The van der Waals surface area contributed by atoms with Crippen LogP contribution in [-0.2, 0) is 6.54 Å². The molecule has 0 radical (unpaired) electrons. The van der Waals surface area contributed by atoms with Crippen molar-refractivity contribution in [3.05, 3.63) is 54.2 Å². The van der Waals surface area contributed by atoms with E-state index in [9.17, 15) is 0 Å². The first kappa shape index (κ1) is 21.4. The maximum absolute atomic E-state index is 6.11. The number of hydrogen-bond acceptors (Lipinski definition) is 5. The highest BCUT2D eigenvalue weighted by Gasteiger charge is 2.22. The van der Waals surface area contributed by atoms with Crippen LogP contribution >= 0.6 is 0 Å². The van der Waals surface area contributed by atoms with Crippen LogP contribution in [0.3, 0.4) is 0 Å².